The SMILES string of the molecule is COc1ccccc1N1CCN(CCC(=O)N2CCOCC2)CC1. The van der Waals surface area contributed by atoms with Gasteiger partial charge < -0.3 is 19.3 Å². The minimum Gasteiger partial charge on any atom is -0.495 e. The maximum atomic E-state index is 12.2. The summed E-state index contributed by atoms with van der Waals surface area (Å²) >= 11 is 0. The van der Waals surface area contributed by atoms with Crippen LogP contribution in [-0.2, 0) is 9.53 Å². The first-order valence-electron chi connectivity index (χ1n) is 8.74. The highest BCUT2D eigenvalue weighted by Gasteiger charge is 2.21. The summed E-state index contributed by atoms with van der Waals surface area (Å²) < 4.78 is 10.8. The van der Waals surface area contributed by atoms with Crippen molar-refractivity contribution in [2.45, 2.75) is 6.42 Å². The summed E-state index contributed by atoms with van der Waals surface area (Å²) in [5.74, 6) is 1.18. The number of piperazine rings is 1. The second-order valence-electron chi connectivity index (χ2n) is 6.24. The molecule has 0 aromatic heterocycles. The lowest BCUT2D eigenvalue weighted by Gasteiger charge is -2.37. The van der Waals surface area contributed by atoms with E-state index >= 15 is 0 Å². The molecule has 2 saturated heterocycles. The Kier molecular flexibility index (Phi) is 5.93. The molecule has 2 aliphatic rings. The van der Waals surface area contributed by atoms with Crippen LogP contribution < -0.4 is 9.64 Å². The minimum absolute atomic E-state index is 0.255. The number of benzene rings is 1. The molecule has 0 radical (unpaired) electrons. The lowest BCUT2D eigenvalue weighted by molar-refractivity contribution is -0.135. The van der Waals surface area contributed by atoms with Gasteiger partial charge in [0.15, 0.2) is 0 Å². The number of para-hydroxylation sites is 2. The van der Waals surface area contributed by atoms with Gasteiger partial charge in [-0.1, -0.05) is 12.1 Å². The highest BCUT2D eigenvalue weighted by atomic mass is 16.5. The van der Waals surface area contributed by atoms with Gasteiger partial charge >= 0.3 is 0 Å². The predicted octanol–water partition coefficient (Wildman–Crippen LogP) is 1.07. The van der Waals surface area contributed by atoms with E-state index in [1.54, 1.807) is 7.11 Å². The number of nitrogens with zero attached hydrogens (tertiary/aromatic N) is 3. The normalized spacial score (nSPS) is 19.4. The zero-order valence-electron chi connectivity index (χ0n) is 14.4. The maximum Gasteiger partial charge on any atom is 0.224 e. The van der Waals surface area contributed by atoms with E-state index < -0.39 is 0 Å². The van der Waals surface area contributed by atoms with E-state index in [2.05, 4.69) is 15.9 Å². The first-order chi connectivity index (χ1) is 11.8. The van der Waals surface area contributed by atoms with Crippen LogP contribution in [0.25, 0.3) is 0 Å². The summed E-state index contributed by atoms with van der Waals surface area (Å²) in [6.07, 6.45) is 0.606. The Labute approximate surface area is 143 Å². The van der Waals surface area contributed by atoms with Crippen molar-refractivity contribution < 1.29 is 14.3 Å². The van der Waals surface area contributed by atoms with Gasteiger partial charge in [0.2, 0.25) is 5.91 Å². The largest absolute Gasteiger partial charge is 0.495 e. The molecule has 132 valence electrons. The number of methoxy groups -OCH3 is 1. The van der Waals surface area contributed by atoms with Crippen LogP contribution in [0.2, 0.25) is 0 Å². The molecule has 0 aliphatic carbocycles. The van der Waals surface area contributed by atoms with E-state index in [-0.39, 0.29) is 5.91 Å². The number of hydrogen-bond acceptors (Lipinski definition) is 5. The number of ether oxygens (including phenoxy) is 2. The average Bonchev–Trinajstić information content (AvgIpc) is 2.67. The van der Waals surface area contributed by atoms with Gasteiger partial charge in [0, 0.05) is 52.2 Å². The first kappa shape index (κ1) is 17.0. The van der Waals surface area contributed by atoms with Gasteiger partial charge in [-0.25, -0.2) is 0 Å². The number of carbonyl (C=O) groups is 1. The van der Waals surface area contributed by atoms with E-state index in [4.69, 9.17) is 9.47 Å². The molecule has 2 fully saturated rings. The van der Waals surface area contributed by atoms with E-state index in [1.165, 1.54) is 0 Å². The number of hydrogen-bond donors (Lipinski definition) is 0. The highest BCUT2D eigenvalue weighted by Crippen LogP contribution is 2.28. The molecule has 1 aromatic rings. The van der Waals surface area contributed by atoms with Crippen molar-refractivity contribution in [1.29, 1.82) is 0 Å². The number of rotatable bonds is 5. The monoisotopic (exact) mass is 333 g/mol. The average molecular weight is 333 g/mol. The van der Waals surface area contributed by atoms with Gasteiger partial charge in [-0.15, -0.1) is 0 Å². The molecule has 0 unspecified atom stereocenters. The molecule has 2 heterocycles. The minimum atomic E-state index is 0.255. The number of carbonyl (C=O) groups excluding carboxylic acids is 1. The third-order valence-corrected chi connectivity index (χ3v) is 4.80. The topological polar surface area (TPSA) is 45.2 Å². The molecule has 6 nitrogen and oxygen atoms in total. The number of morpholine rings is 1. The van der Waals surface area contributed by atoms with Gasteiger partial charge in [-0.3, -0.25) is 9.69 Å². The first-order valence-corrected chi connectivity index (χ1v) is 8.74. The van der Waals surface area contributed by atoms with Gasteiger partial charge in [0.1, 0.15) is 5.75 Å². The van der Waals surface area contributed by atoms with Crippen molar-refractivity contribution in [2.75, 3.05) is 71.0 Å². The van der Waals surface area contributed by atoms with Crippen LogP contribution >= 0.6 is 0 Å². The van der Waals surface area contributed by atoms with Crippen molar-refractivity contribution >= 4 is 11.6 Å². The lowest BCUT2D eigenvalue weighted by Crippen LogP contribution is -2.48. The van der Waals surface area contributed by atoms with Crippen LogP contribution in [0.5, 0.6) is 5.75 Å². The Bertz CT molecular complexity index is 538. The smallest absolute Gasteiger partial charge is 0.224 e. The molecule has 24 heavy (non-hydrogen) atoms. The van der Waals surface area contributed by atoms with Gasteiger partial charge in [0.05, 0.1) is 26.0 Å². The Morgan fingerprint density at radius 3 is 2.50 bits per heavy atom. The fourth-order valence-electron chi connectivity index (χ4n) is 3.33. The fraction of sp³-hybridized carbons (Fsp3) is 0.611. The summed E-state index contributed by atoms with van der Waals surface area (Å²) in [6, 6.07) is 8.15. The van der Waals surface area contributed by atoms with Crippen molar-refractivity contribution in [2.24, 2.45) is 0 Å². The van der Waals surface area contributed by atoms with Crippen molar-refractivity contribution in [3.63, 3.8) is 0 Å². The predicted molar refractivity (Wildman–Crippen MR) is 93.7 cm³/mol. The van der Waals surface area contributed by atoms with Crippen LogP contribution in [0.15, 0.2) is 24.3 Å². The fourth-order valence-corrected chi connectivity index (χ4v) is 3.33. The highest BCUT2D eigenvalue weighted by molar-refractivity contribution is 5.76. The molecule has 0 saturated carbocycles. The lowest BCUT2D eigenvalue weighted by atomic mass is 10.2. The molecular formula is C18H27N3O3. The zero-order chi connectivity index (χ0) is 16.8. The van der Waals surface area contributed by atoms with E-state index in [0.717, 1.165) is 57.3 Å². The van der Waals surface area contributed by atoms with Crippen LogP contribution in [-0.4, -0.2) is 81.8 Å². The van der Waals surface area contributed by atoms with Gasteiger partial charge in [0.25, 0.3) is 0 Å². The van der Waals surface area contributed by atoms with Crippen molar-refractivity contribution in [3.8, 4) is 5.75 Å². The molecule has 0 bridgehead atoms. The van der Waals surface area contributed by atoms with E-state index in [9.17, 15) is 4.79 Å². The Hall–Kier alpha value is -1.79. The molecule has 0 N–H and O–H groups in total. The van der Waals surface area contributed by atoms with Crippen molar-refractivity contribution in [3.05, 3.63) is 24.3 Å². The standard InChI is InChI=1S/C18H27N3O3/c1-23-17-5-3-2-4-16(17)20-10-8-19(9-11-20)7-6-18(22)21-12-14-24-15-13-21/h2-5H,6-15H2,1H3. The molecule has 3 rings (SSSR count). The third kappa shape index (κ3) is 4.19. The van der Waals surface area contributed by atoms with E-state index in [0.29, 0.717) is 19.6 Å². The Morgan fingerprint density at radius 1 is 1.08 bits per heavy atom. The molecule has 1 amide bonds. The number of amides is 1. The van der Waals surface area contributed by atoms with Crippen LogP contribution in [0.3, 0.4) is 0 Å². The second-order valence-corrected chi connectivity index (χ2v) is 6.24. The zero-order valence-corrected chi connectivity index (χ0v) is 14.4. The summed E-state index contributed by atoms with van der Waals surface area (Å²) in [6.45, 7) is 7.55. The molecule has 2 aliphatic heterocycles. The van der Waals surface area contributed by atoms with Crippen LogP contribution in [0.4, 0.5) is 5.69 Å². The van der Waals surface area contributed by atoms with Crippen LogP contribution in [0.1, 0.15) is 6.42 Å². The van der Waals surface area contributed by atoms with Gasteiger partial charge in [-0.05, 0) is 12.1 Å². The number of anilines is 1. The van der Waals surface area contributed by atoms with E-state index in [1.807, 2.05) is 23.1 Å². The maximum absolute atomic E-state index is 12.2. The second kappa shape index (κ2) is 8.35. The van der Waals surface area contributed by atoms with Crippen molar-refractivity contribution in [1.82, 2.24) is 9.80 Å². The molecular weight excluding hydrogens is 306 g/mol. The Balaban J connectivity index is 1.44. The summed E-state index contributed by atoms with van der Waals surface area (Å²) in [4.78, 5) is 18.9. The summed E-state index contributed by atoms with van der Waals surface area (Å²) in [5, 5.41) is 0. The Morgan fingerprint density at radius 2 is 1.79 bits per heavy atom. The molecule has 6 heteroatoms. The summed E-state index contributed by atoms with van der Waals surface area (Å²) in [7, 11) is 1.71. The molecule has 0 spiro atoms. The van der Waals surface area contributed by atoms with Gasteiger partial charge in [-0.2, -0.15) is 0 Å². The molecule has 0 atom stereocenters. The molecule has 1 aromatic carbocycles. The quantitative estimate of drug-likeness (QED) is 0.806. The van der Waals surface area contributed by atoms with Crippen LogP contribution in [0, 0.1) is 0 Å². The summed E-state index contributed by atoms with van der Waals surface area (Å²) in [5.41, 5.74) is 1.16. The third-order valence-electron chi connectivity index (χ3n) is 4.80.